The van der Waals surface area contributed by atoms with E-state index < -0.39 is 0 Å². The molecular weight excluding hydrogens is 186 g/mol. The summed E-state index contributed by atoms with van der Waals surface area (Å²) in [4.78, 5) is 4.12. The maximum absolute atomic E-state index is 4.12. The third-order valence-electron chi connectivity index (χ3n) is 2.28. The first-order valence-electron chi connectivity index (χ1n) is 4.99. The van der Waals surface area contributed by atoms with Crippen molar-refractivity contribution in [1.29, 1.82) is 0 Å². The SMILES string of the molecule is CN=C(C)/C=C(\C)c1cccc[n+]1NC. The summed E-state index contributed by atoms with van der Waals surface area (Å²) in [6.07, 6.45) is 4.06. The molecule has 0 unspecified atom stereocenters. The van der Waals surface area contributed by atoms with Crippen LogP contribution >= 0.6 is 0 Å². The second kappa shape index (κ2) is 5.29. The van der Waals surface area contributed by atoms with Gasteiger partial charge in [0, 0.05) is 30.5 Å². The van der Waals surface area contributed by atoms with Gasteiger partial charge in [-0.1, -0.05) is 4.68 Å². The Morgan fingerprint density at radius 2 is 2.13 bits per heavy atom. The number of hydrogen-bond donors (Lipinski definition) is 1. The van der Waals surface area contributed by atoms with E-state index in [-0.39, 0.29) is 0 Å². The van der Waals surface area contributed by atoms with Crippen molar-refractivity contribution in [1.82, 2.24) is 0 Å². The van der Waals surface area contributed by atoms with Gasteiger partial charge in [-0.05, 0) is 26.0 Å². The summed E-state index contributed by atoms with van der Waals surface area (Å²) in [5, 5.41) is 0. The average molecular weight is 204 g/mol. The fourth-order valence-electron chi connectivity index (χ4n) is 1.41. The van der Waals surface area contributed by atoms with Gasteiger partial charge in [0.25, 0.3) is 0 Å². The quantitative estimate of drug-likeness (QED) is 0.588. The zero-order chi connectivity index (χ0) is 11.3. The molecule has 0 aromatic carbocycles. The molecule has 0 saturated heterocycles. The zero-order valence-electron chi connectivity index (χ0n) is 9.78. The third-order valence-corrected chi connectivity index (χ3v) is 2.28. The van der Waals surface area contributed by atoms with Crippen LogP contribution < -0.4 is 10.1 Å². The molecule has 1 heterocycles. The van der Waals surface area contributed by atoms with Crippen molar-refractivity contribution in [2.75, 3.05) is 19.5 Å². The molecule has 0 aliphatic heterocycles. The van der Waals surface area contributed by atoms with Gasteiger partial charge in [-0.3, -0.25) is 4.99 Å². The number of aromatic nitrogens is 1. The fourth-order valence-corrected chi connectivity index (χ4v) is 1.41. The maximum atomic E-state index is 4.12. The Hall–Kier alpha value is -1.64. The van der Waals surface area contributed by atoms with Gasteiger partial charge in [-0.2, -0.15) is 5.43 Å². The van der Waals surface area contributed by atoms with Gasteiger partial charge in [0.1, 0.15) is 0 Å². The van der Waals surface area contributed by atoms with Crippen molar-refractivity contribution in [3.8, 4) is 0 Å². The zero-order valence-corrected chi connectivity index (χ0v) is 9.78. The molecule has 0 aliphatic carbocycles. The molecule has 3 heteroatoms. The smallest absolute Gasteiger partial charge is 0.238 e. The number of nitrogens with zero attached hydrogens (tertiary/aromatic N) is 2. The summed E-state index contributed by atoms with van der Waals surface area (Å²) < 4.78 is 1.98. The highest BCUT2D eigenvalue weighted by Crippen LogP contribution is 2.07. The molecule has 0 spiro atoms. The molecule has 1 aromatic rings. The summed E-state index contributed by atoms with van der Waals surface area (Å²) in [5.74, 6) is 0. The first-order chi connectivity index (χ1) is 7.19. The second-order valence-corrected chi connectivity index (χ2v) is 3.37. The van der Waals surface area contributed by atoms with Crippen molar-refractivity contribution in [2.24, 2.45) is 4.99 Å². The van der Waals surface area contributed by atoms with Gasteiger partial charge in [-0.15, -0.1) is 0 Å². The lowest BCUT2D eigenvalue weighted by molar-refractivity contribution is -0.650. The lowest BCUT2D eigenvalue weighted by Gasteiger charge is -2.01. The average Bonchev–Trinajstić information content (AvgIpc) is 2.28. The molecule has 3 nitrogen and oxygen atoms in total. The van der Waals surface area contributed by atoms with Crippen LogP contribution in [-0.2, 0) is 0 Å². The van der Waals surface area contributed by atoms with E-state index in [0.717, 1.165) is 11.4 Å². The lowest BCUT2D eigenvalue weighted by Crippen LogP contribution is -2.45. The topological polar surface area (TPSA) is 28.3 Å². The highest BCUT2D eigenvalue weighted by molar-refractivity contribution is 5.98. The lowest BCUT2D eigenvalue weighted by atomic mass is 10.1. The Morgan fingerprint density at radius 1 is 1.40 bits per heavy atom. The van der Waals surface area contributed by atoms with Crippen LogP contribution in [0.5, 0.6) is 0 Å². The van der Waals surface area contributed by atoms with Crippen molar-refractivity contribution in [2.45, 2.75) is 13.8 Å². The van der Waals surface area contributed by atoms with Gasteiger partial charge < -0.3 is 0 Å². The normalized spacial score (nSPS) is 12.8. The number of rotatable bonds is 3. The molecule has 0 aliphatic rings. The fraction of sp³-hybridized carbons (Fsp3) is 0.333. The Bertz CT molecular complexity index is 392. The Labute approximate surface area is 91.1 Å². The van der Waals surface area contributed by atoms with Crippen LogP contribution in [0.25, 0.3) is 5.57 Å². The van der Waals surface area contributed by atoms with E-state index in [1.165, 1.54) is 5.57 Å². The van der Waals surface area contributed by atoms with E-state index in [0.29, 0.717) is 0 Å². The van der Waals surface area contributed by atoms with Crippen molar-refractivity contribution < 1.29 is 4.68 Å². The molecule has 0 bridgehead atoms. The van der Waals surface area contributed by atoms with Gasteiger partial charge in [0.05, 0.1) is 7.05 Å². The highest BCUT2D eigenvalue weighted by Gasteiger charge is 2.09. The summed E-state index contributed by atoms with van der Waals surface area (Å²) in [6, 6.07) is 6.10. The van der Waals surface area contributed by atoms with E-state index in [4.69, 9.17) is 0 Å². The summed E-state index contributed by atoms with van der Waals surface area (Å²) in [7, 11) is 3.70. The number of hydrogen-bond acceptors (Lipinski definition) is 2. The van der Waals surface area contributed by atoms with Gasteiger partial charge in [0.15, 0.2) is 6.20 Å². The molecule has 0 fully saturated rings. The minimum Gasteiger partial charge on any atom is -0.293 e. The molecule has 1 aromatic heterocycles. The Balaban J connectivity index is 3.10. The van der Waals surface area contributed by atoms with Crippen LogP contribution in [0.3, 0.4) is 0 Å². The van der Waals surface area contributed by atoms with E-state index >= 15 is 0 Å². The Morgan fingerprint density at radius 3 is 2.73 bits per heavy atom. The minimum atomic E-state index is 1.03. The number of aliphatic imine (C=N–C) groups is 1. The van der Waals surface area contributed by atoms with Crippen LogP contribution in [-0.4, -0.2) is 19.8 Å². The largest absolute Gasteiger partial charge is 0.293 e. The summed E-state index contributed by atoms with van der Waals surface area (Å²) in [6.45, 7) is 4.08. The highest BCUT2D eigenvalue weighted by atomic mass is 15.4. The Kier molecular flexibility index (Phi) is 4.03. The van der Waals surface area contributed by atoms with E-state index in [1.54, 1.807) is 7.05 Å². The van der Waals surface area contributed by atoms with Crippen molar-refractivity contribution >= 4 is 11.3 Å². The molecule has 1 N–H and O–H groups in total. The minimum absolute atomic E-state index is 1.03. The van der Waals surface area contributed by atoms with Crippen LogP contribution in [0.4, 0.5) is 0 Å². The number of pyridine rings is 1. The van der Waals surface area contributed by atoms with Crippen LogP contribution in [0.2, 0.25) is 0 Å². The first-order valence-corrected chi connectivity index (χ1v) is 4.99. The van der Waals surface area contributed by atoms with Gasteiger partial charge in [0.2, 0.25) is 5.69 Å². The maximum Gasteiger partial charge on any atom is 0.238 e. The molecular formula is C12H18N3+. The molecule has 1 rings (SSSR count). The molecule has 80 valence electrons. The monoisotopic (exact) mass is 204 g/mol. The van der Waals surface area contributed by atoms with Crippen LogP contribution in [0, 0.1) is 0 Å². The molecule has 0 saturated carbocycles. The van der Waals surface area contributed by atoms with E-state index in [1.807, 2.05) is 37.0 Å². The van der Waals surface area contributed by atoms with Gasteiger partial charge in [-0.25, -0.2) is 0 Å². The molecule has 0 amide bonds. The molecule has 0 atom stereocenters. The first kappa shape index (κ1) is 11.4. The van der Waals surface area contributed by atoms with Gasteiger partial charge >= 0.3 is 0 Å². The number of allylic oxidation sites excluding steroid dienone is 2. The van der Waals surface area contributed by atoms with Crippen LogP contribution in [0.15, 0.2) is 35.5 Å². The summed E-state index contributed by atoms with van der Waals surface area (Å²) >= 11 is 0. The van der Waals surface area contributed by atoms with E-state index in [9.17, 15) is 0 Å². The van der Waals surface area contributed by atoms with E-state index in [2.05, 4.69) is 29.5 Å². The third kappa shape index (κ3) is 2.91. The summed E-state index contributed by atoms with van der Waals surface area (Å²) in [5.41, 5.74) is 6.46. The molecule has 15 heavy (non-hydrogen) atoms. The molecule has 0 radical (unpaired) electrons. The number of nitrogens with one attached hydrogen (secondary N) is 1. The second-order valence-electron chi connectivity index (χ2n) is 3.37. The standard InChI is InChI=1S/C12H18N3/c1-10(9-11(2)13-3)12-7-5-6-8-15(12)14-4/h5-9,14H,1-4H3/q+1/b10-9+,13-11?. The van der Waals surface area contributed by atoms with Crippen molar-refractivity contribution in [3.05, 3.63) is 36.2 Å². The predicted octanol–water partition coefficient (Wildman–Crippen LogP) is 1.64. The predicted molar refractivity (Wildman–Crippen MR) is 64.6 cm³/mol. The van der Waals surface area contributed by atoms with Crippen LogP contribution in [0.1, 0.15) is 19.5 Å². The van der Waals surface area contributed by atoms with Crippen molar-refractivity contribution in [3.63, 3.8) is 0 Å².